The maximum absolute atomic E-state index is 11.2. The number of amides is 1. The predicted octanol–water partition coefficient (Wildman–Crippen LogP) is 2.80. The average Bonchev–Trinajstić information content (AvgIpc) is 3.33. The molecule has 0 aromatic heterocycles. The predicted molar refractivity (Wildman–Crippen MR) is 153 cm³/mol. The van der Waals surface area contributed by atoms with Crippen molar-refractivity contribution in [1.29, 1.82) is 0 Å². The lowest BCUT2D eigenvalue weighted by Gasteiger charge is -2.03. The van der Waals surface area contributed by atoms with E-state index in [-0.39, 0.29) is 18.7 Å². The highest BCUT2D eigenvalue weighted by molar-refractivity contribution is 5.92. The number of benzene rings is 2. The van der Waals surface area contributed by atoms with E-state index in [1.807, 2.05) is 25.1 Å². The zero-order chi connectivity index (χ0) is 30.2. The van der Waals surface area contributed by atoms with E-state index in [1.165, 1.54) is 5.56 Å². The molecular weight excluding hydrogens is 516 g/mol. The Hall–Kier alpha value is -3.93. The summed E-state index contributed by atoms with van der Waals surface area (Å²) in [5, 5.41) is 11.1. The van der Waals surface area contributed by atoms with Gasteiger partial charge in [-0.1, -0.05) is 43.7 Å². The maximum Gasteiger partial charge on any atom is 0.320 e. The van der Waals surface area contributed by atoms with E-state index in [0.717, 1.165) is 44.2 Å². The molecule has 0 bridgehead atoms. The van der Waals surface area contributed by atoms with Gasteiger partial charge in [-0.2, -0.15) is 0 Å². The summed E-state index contributed by atoms with van der Waals surface area (Å²) in [7, 11) is 0. The van der Waals surface area contributed by atoms with Gasteiger partial charge in [-0.05, 0) is 68.6 Å². The molecule has 0 spiro atoms. The number of ether oxygens (including phenoxy) is 1. The number of carbonyl (C=O) groups is 5. The third kappa shape index (κ3) is 19.2. The first-order valence-corrected chi connectivity index (χ1v) is 13.2. The third-order valence-corrected chi connectivity index (χ3v) is 5.13. The number of carbonyl (C=O) groups excluding carboxylic acids is 4. The summed E-state index contributed by atoms with van der Waals surface area (Å²) in [5.41, 5.74) is 18.4. The summed E-state index contributed by atoms with van der Waals surface area (Å²) >= 11 is 0. The molecule has 3 rings (SSSR count). The van der Waals surface area contributed by atoms with Gasteiger partial charge in [0.1, 0.15) is 12.3 Å². The highest BCUT2D eigenvalue weighted by atomic mass is 16.6. The smallest absolute Gasteiger partial charge is 0.320 e. The number of cyclic esters (lactones) is 2. The molecule has 220 valence electrons. The molecule has 1 heterocycles. The minimum atomic E-state index is -0.933. The molecule has 1 atom stereocenters. The van der Waals surface area contributed by atoms with Crippen LogP contribution in [0.5, 0.6) is 0 Å². The highest BCUT2D eigenvalue weighted by Gasteiger charge is 2.19. The SMILES string of the molecule is CCCC(=O)Nc1ccc(C=O)cc1.NCCCC[C@H](N)C(=O)O.NCCc1ccccc1.O=C1CCC(=O)O1. The lowest BCUT2D eigenvalue weighted by molar-refractivity contribution is -0.152. The molecule has 0 unspecified atom stereocenters. The molecule has 2 aromatic carbocycles. The van der Waals surface area contributed by atoms with Crippen LogP contribution in [-0.4, -0.2) is 54.3 Å². The molecule has 1 saturated heterocycles. The lowest BCUT2D eigenvalue weighted by Crippen LogP contribution is -2.29. The molecular formula is C29H42N4O7. The van der Waals surface area contributed by atoms with Crippen molar-refractivity contribution in [1.82, 2.24) is 0 Å². The Bertz CT molecular complexity index is 1000. The van der Waals surface area contributed by atoms with E-state index in [9.17, 15) is 24.0 Å². The number of nitrogens with two attached hydrogens (primary N) is 3. The molecule has 2 aromatic rings. The monoisotopic (exact) mass is 558 g/mol. The number of anilines is 1. The van der Waals surface area contributed by atoms with Gasteiger partial charge in [0.05, 0.1) is 12.8 Å². The maximum atomic E-state index is 11.2. The van der Waals surface area contributed by atoms with Gasteiger partial charge in [-0.15, -0.1) is 0 Å². The van der Waals surface area contributed by atoms with Crippen LogP contribution in [0, 0.1) is 0 Å². The first kappa shape index (κ1) is 36.1. The number of rotatable bonds is 11. The largest absolute Gasteiger partial charge is 0.480 e. The second-order valence-corrected chi connectivity index (χ2v) is 8.64. The minimum absolute atomic E-state index is 0.00588. The molecule has 0 saturated carbocycles. The molecule has 40 heavy (non-hydrogen) atoms. The van der Waals surface area contributed by atoms with Crippen LogP contribution < -0.4 is 22.5 Å². The van der Waals surface area contributed by atoms with Gasteiger partial charge in [0, 0.05) is 17.7 Å². The van der Waals surface area contributed by atoms with E-state index in [1.54, 1.807) is 24.3 Å². The summed E-state index contributed by atoms with van der Waals surface area (Å²) in [6.07, 6.45) is 5.81. The highest BCUT2D eigenvalue weighted by Crippen LogP contribution is 2.08. The molecule has 8 N–H and O–H groups in total. The summed E-state index contributed by atoms with van der Waals surface area (Å²) in [6.45, 7) is 3.30. The lowest BCUT2D eigenvalue weighted by atomic mass is 10.1. The van der Waals surface area contributed by atoms with Crippen molar-refractivity contribution in [2.45, 2.75) is 64.3 Å². The van der Waals surface area contributed by atoms with Crippen LogP contribution in [0.15, 0.2) is 54.6 Å². The van der Waals surface area contributed by atoms with E-state index < -0.39 is 23.9 Å². The fourth-order valence-corrected chi connectivity index (χ4v) is 2.97. The fraction of sp³-hybridized carbons (Fsp3) is 0.414. The van der Waals surface area contributed by atoms with Crippen LogP contribution in [0.1, 0.15) is 67.8 Å². The number of carboxylic acids is 1. The van der Waals surface area contributed by atoms with Crippen LogP contribution in [0.25, 0.3) is 0 Å². The Balaban J connectivity index is 0.000000523. The Morgan fingerprint density at radius 3 is 2.00 bits per heavy atom. The Morgan fingerprint density at radius 2 is 1.57 bits per heavy atom. The quantitative estimate of drug-likeness (QED) is 0.118. The Labute approximate surface area is 235 Å². The Kier molecular flexibility index (Phi) is 20.7. The van der Waals surface area contributed by atoms with E-state index in [2.05, 4.69) is 22.2 Å². The summed E-state index contributed by atoms with van der Waals surface area (Å²) in [4.78, 5) is 51.7. The van der Waals surface area contributed by atoms with Crippen LogP contribution in [0.3, 0.4) is 0 Å². The molecule has 11 heteroatoms. The van der Waals surface area contributed by atoms with E-state index in [0.29, 0.717) is 24.9 Å². The number of aliphatic carboxylic acids is 1. The number of esters is 2. The van der Waals surface area contributed by atoms with Gasteiger partial charge < -0.3 is 32.4 Å². The van der Waals surface area contributed by atoms with Crippen molar-refractivity contribution in [2.24, 2.45) is 17.2 Å². The Morgan fingerprint density at radius 1 is 0.975 bits per heavy atom. The van der Waals surface area contributed by atoms with Crippen molar-refractivity contribution < 1.29 is 33.8 Å². The normalized spacial score (nSPS) is 12.2. The zero-order valence-electron chi connectivity index (χ0n) is 23.1. The van der Waals surface area contributed by atoms with Gasteiger partial charge >= 0.3 is 17.9 Å². The van der Waals surface area contributed by atoms with Gasteiger partial charge in [0.15, 0.2) is 0 Å². The van der Waals surface area contributed by atoms with E-state index >= 15 is 0 Å². The van der Waals surface area contributed by atoms with Crippen molar-refractivity contribution in [2.75, 3.05) is 18.4 Å². The van der Waals surface area contributed by atoms with Gasteiger partial charge in [-0.3, -0.25) is 24.0 Å². The number of hydrogen-bond donors (Lipinski definition) is 5. The summed E-state index contributed by atoms with van der Waals surface area (Å²) in [5.74, 6) is -1.72. The molecule has 0 radical (unpaired) electrons. The fourth-order valence-electron chi connectivity index (χ4n) is 2.97. The molecule has 0 aliphatic carbocycles. The van der Waals surface area contributed by atoms with Gasteiger partial charge in [-0.25, -0.2) is 0 Å². The molecule has 1 amide bonds. The van der Waals surface area contributed by atoms with Crippen LogP contribution in [0.4, 0.5) is 5.69 Å². The number of unbranched alkanes of at least 4 members (excludes halogenated alkanes) is 1. The van der Waals surface area contributed by atoms with E-state index in [4.69, 9.17) is 22.3 Å². The first-order chi connectivity index (χ1) is 19.2. The first-order valence-electron chi connectivity index (χ1n) is 13.2. The van der Waals surface area contributed by atoms with Crippen molar-refractivity contribution >= 4 is 35.8 Å². The molecule has 1 aliphatic rings. The molecule has 1 fully saturated rings. The molecule has 11 nitrogen and oxygen atoms in total. The third-order valence-electron chi connectivity index (χ3n) is 5.13. The summed E-state index contributed by atoms with van der Waals surface area (Å²) < 4.78 is 4.08. The minimum Gasteiger partial charge on any atom is -0.480 e. The molecule has 1 aliphatic heterocycles. The van der Waals surface area contributed by atoms with Gasteiger partial charge in [0.2, 0.25) is 5.91 Å². The second kappa shape index (κ2) is 23.0. The topological polar surface area (TPSA) is 205 Å². The number of aldehydes is 1. The van der Waals surface area contributed by atoms with Crippen LogP contribution >= 0.6 is 0 Å². The zero-order valence-corrected chi connectivity index (χ0v) is 23.1. The second-order valence-electron chi connectivity index (χ2n) is 8.64. The van der Waals surface area contributed by atoms with Gasteiger partial charge in [0.25, 0.3) is 0 Å². The standard InChI is InChI=1S/C11H13NO2.C8H11N.C6H14N2O2.C4H4O3/c1-2-3-11(14)12-10-6-4-9(8-13)5-7-10;9-7-6-8-4-2-1-3-5-8;7-4-2-1-3-5(8)6(9)10;5-3-1-2-4(6)7-3/h4-8H,2-3H2,1H3,(H,12,14);1-5H,6-7,9H2;5H,1-4,7-8H2,(H,9,10);1-2H2/t;;5-;/m..0./s1. The average molecular weight is 559 g/mol. The van der Waals surface area contributed by atoms with Crippen molar-refractivity contribution in [3.05, 3.63) is 65.7 Å². The number of carboxylic acid groups (broad SMARTS) is 1. The van der Waals surface area contributed by atoms with Crippen molar-refractivity contribution in [3.8, 4) is 0 Å². The number of nitrogens with one attached hydrogen (secondary N) is 1. The van der Waals surface area contributed by atoms with Crippen LogP contribution in [-0.2, 0) is 30.3 Å². The summed E-state index contributed by atoms with van der Waals surface area (Å²) in [6, 6.07) is 16.3. The number of hydrogen-bond acceptors (Lipinski definition) is 9. The van der Waals surface area contributed by atoms with Crippen LogP contribution in [0.2, 0.25) is 0 Å². The van der Waals surface area contributed by atoms with Crippen molar-refractivity contribution in [3.63, 3.8) is 0 Å².